The topological polar surface area (TPSA) is 12.4 Å². The molecule has 1 nitrogen and oxygen atoms in total. The molecule has 0 aromatic rings. The van der Waals surface area contributed by atoms with Crippen LogP contribution in [0.25, 0.3) is 0 Å². The van der Waals surface area contributed by atoms with Crippen molar-refractivity contribution in [3.8, 4) is 0 Å². The standard InChI is InChI=1S/C4H5F2N/c5-4(6)1-2-7-3-4/h3H,1-2H2. The molecule has 0 aromatic carbocycles. The molecule has 0 aliphatic carbocycles. The molecule has 0 radical (unpaired) electrons. The fourth-order valence-corrected chi connectivity index (χ4v) is 0.476. The summed E-state index contributed by atoms with van der Waals surface area (Å²) in [5.74, 6) is -2.60. The Morgan fingerprint density at radius 1 is 1.57 bits per heavy atom. The van der Waals surface area contributed by atoms with Gasteiger partial charge in [-0.25, -0.2) is 8.78 Å². The lowest BCUT2D eigenvalue weighted by Crippen LogP contribution is -2.12. The molecule has 1 heterocycles. The number of rotatable bonds is 0. The van der Waals surface area contributed by atoms with Crippen molar-refractivity contribution in [3.63, 3.8) is 0 Å². The molecule has 3 heteroatoms. The fourth-order valence-electron chi connectivity index (χ4n) is 0.476. The van der Waals surface area contributed by atoms with Crippen LogP contribution in [0.1, 0.15) is 6.42 Å². The van der Waals surface area contributed by atoms with E-state index in [1.54, 1.807) is 0 Å². The van der Waals surface area contributed by atoms with Crippen molar-refractivity contribution in [1.82, 2.24) is 0 Å². The van der Waals surface area contributed by atoms with Crippen LogP contribution in [0.2, 0.25) is 0 Å². The first kappa shape index (κ1) is 4.68. The van der Waals surface area contributed by atoms with Crippen molar-refractivity contribution in [1.29, 1.82) is 0 Å². The maximum absolute atomic E-state index is 11.8. The molecule has 1 aliphatic rings. The van der Waals surface area contributed by atoms with Gasteiger partial charge < -0.3 is 0 Å². The smallest absolute Gasteiger partial charge is 0.284 e. The van der Waals surface area contributed by atoms with Crippen molar-refractivity contribution < 1.29 is 8.78 Å². The van der Waals surface area contributed by atoms with Gasteiger partial charge in [-0.2, -0.15) is 0 Å². The maximum atomic E-state index is 11.8. The number of aliphatic imine (C=N–C) groups is 1. The molecule has 0 amide bonds. The summed E-state index contributed by atoms with van der Waals surface area (Å²) in [6, 6.07) is 0. The number of alkyl halides is 2. The molecule has 0 saturated carbocycles. The first-order valence-electron chi connectivity index (χ1n) is 2.09. The van der Waals surface area contributed by atoms with E-state index in [1.165, 1.54) is 0 Å². The lowest BCUT2D eigenvalue weighted by atomic mass is 10.3. The summed E-state index contributed by atoms with van der Waals surface area (Å²) in [6.45, 7) is 0.285. The van der Waals surface area contributed by atoms with Crippen LogP contribution < -0.4 is 0 Å². The summed E-state index contributed by atoms with van der Waals surface area (Å²) in [7, 11) is 0. The van der Waals surface area contributed by atoms with E-state index in [4.69, 9.17) is 0 Å². The van der Waals surface area contributed by atoms with E-state index in [0.29, 0.717) is 6.21 Å². The summed E-state index contributed by atoms with van der Waals surface area (Å²) >= 11 is 0. The van der Waals surface area contributed by atoms with Crippen LogP contribution in [0.3, 0.4) is 0 Å². The van der Waals surface area contributed by atoms with Gasteiger partial charge in [-0.3, -0.25) is 4.99 Å². The molecule has 0 spiro atoms. The minimum Gasteiger partial charge on any atom is -0.291 e. The Kier molecular flexibility index (Phi) is 0.836. The summed E-state index contributed by atoms with van der Waals surface area (Å²) in [4.78, 5) is 3.36. The second kappa shape index (κ2) is 1.25. The van der Waals surface area contributed by atoms with Gasteiger partial charge in [0.1, 0.15) is 0 Å². The molecule has 0 aromatic heterocycles. The Labute approximate surface area is 40.1 Å². The Bertz CT molecular complexity index is 97.9. The quantitative estimate of drug-likeness (QED) is 0.437. The van der Waals surface area contributed by atoms with Crippen molar-refractivity contribution in [2.45, 2.75) is 12.3 Å². The normalized spacial score (nSPS) is 26.0. The lowest BCUT2D eigenvalue weighted by molar-refractivity contribution is 0.0856. The van der Waals surface area contributed by atoms with Gasteiger partial charge >= 0.3 is 0 Å². The van der Waals surface area contributed by atoms with Crippen molar-refractivity contribution >= 4 is 6.21 Å². The first-order valence-corrected chi connectivity index (χ1v) is 2.09. The van der Waals surface area contributed by atoms with E-state index in [0.717, 1.165) is 0 Å². The van der Waals surface area contributed by atoms with E-state index in [1.807, 2.05) is 0 Å². The van der Waals surface area contributed by atoms with E-state index < -0.39 is 5.92 Å². The van der Waals surface area contributed by atoms with Crippen LogP contribution in [0.4, 0.5) is 8.78 Å². The number of nitrogens with zero attached hydrogens (tertiary/aromatic N) is 1. The highest BCUT2D eigenvalue weighted by Gasteiger charge is 2.28. The van der Waals surface area contributed by atoms with Gasteiger partial charge in [-0.15, -0.1) is 0 Å². The molecule has 0 atom stereocenters. The van der Waals surface area contributed by atoms with Gasteiger partial charge in [0.15, 0.2) is 0 Å². The third-order valence-electron chi connectivity index (χ3n) is 0.854. The van der Waals surface area contributed by atoms with Gasteiger partial charge in [-0.05, 0) is 0 Å². The molecule has 40 valence electrons. The molecule has 0 unspecified atom stereocenters. The zero-order chi connectivity index (χ0) is 5.33. The van der Waals surface area contributed by atoms with Crippen LogP contribution in [-0.4, -0.2) is 18.7 Å². The van der Waals surface area contributed by atoms with Gasteiger partial charge in [0, 0.05) is 13.0 Å². The average Bonchev–Trinajstić information content (AvgIpc) is 1.84. The highest BCUT2D eigenvalue weighted by Crippen LogP contribution is 2.19. The Morgan fingerprint density at radius 3 is 2.43 bits per heavy atom. The zero-order valence-corrected chi connectivity index (χ0v) is 3.69. The number of hydrogen-bond acceptors (Lipinski definition) is 1. The molecule has 1 rings (SSSR count). The molecule has 0 N–H and O–H groups in total. The molecule has 7 heavy (non-hydrogen) atoms. The van der Waals surface area contributed by atoms with Gasteiger partial charge in [0.25, 0.3) is 5.92 Å². The van der Waals surface area contributed by atoms with Crippen LogP contribution >= 0.6 is 0 Å². The van der Waals surface area contributed by atoms with Gasteiger partial charge in [-0.1, -0.05) is 0 Å². The largest absolute Gasteiger partial charge is 0.291 e. The zero-order valence-electron chi connectivity index (χ0n) is 3.69. The summed E-state index contributed by atoms with van der Waals surface area (Å²) in [5.41, 5.74) is 0. The Morgan fingerprint density at radius 2 is 2.29 bits per heavy atom. The monoisotopic (exact) mass is 105 g/mol. The minimum absolute atomic E-state index is 0.104. The average molecular weight is 105 g/mol. The SMILES string of the molecule is FC1(F)C=NCC1. The van der Waals surface area contributed by atoms with E-state index >= 15 is 0 Å². The highest BCUT2D eigenvalue weighted by molar-refractivity contribution is 5.68. The van der Waals surface area contributed by atoms with Crippen LogP contribution in [-0.2, 0) is 0 Å². The molecule has 0 fully saturated rings. The minimum atomic E-state index is -2.60. The first-order chi connectivity index (χ1) is 3.21. The Balaban J connectivity index is 2.57. The van der Waals surface area contributed by atoms with Crippen LogP contribution in [0.5, 0.6) is 0 Å². The summed E-state index contributed by atoms with van der Waals surface area (Å²) < 4.78 is 23.6. The van der Waals surface area contributed by atoms with Crippen molar-refractivity contribution in [3.05, 3.63) is 0 Å². The van der Waals surface area contributed by atoms with Gasteiger partial charge in [0.05, 0.1) is 6.21 Å². The van der Waals surface area contributed by atoms with Crippen LogP contribution in [0.15, 0.2) is 4.99 Å². The lowest BCUT2D eigenvalue weighted by Gasteiger charge is -1.98. The van der Waals surface area contributed by atoms with Crippen molar-refractivity contribution in [2.24, 2.45) is 4.99 Å². The molecule has 0 saturated heterocycles. The van der Waals surface area contributed by atoms with E-state index in [2.05, 4.69) is 4.99 Å². The molecule has 1 aliphatic heterocycles. The second-order valence-corrected chi connectivity index (χ2v) is 1.55. The number of halogens is 2. The maximum Gasteiger partial charge on any atom is 0.284 e. The van der Waals surface area contributed by atoms with Crippen LogP contribution in [0, 0.1) is 0 Å². The second-order valence-electron chi connectivity index (χ2n) is 1.55. The predicted octanol–water partition coefficient (Wildman–Crippen LogP) is 1.10. The Hall–Kier alpha value is -0.470. The third kappa shape index (κ3) is 0.947. The predicted molar refractivity (Wildman–Crippen MR) is 22.9 cm³/mol. The van der Waals surface area contributed by atoms with Crippen molar-refractivity contribution in [2.75, 3.05) is 6.54 Å². The van der Waals surface area contributed by atoms with E-state index in [9.17, 15) is 8.78 Å². The summed E-state index contributed by atoms with van der Waals surface area (Å²) in [5, 5.41) is 0. The van der Waals surface area contributed by atoms with Gasteiger partial charge in [0.2, 0.25) is 0 Å². The third-order valence-corrected chi connectivity index (χ3v) is 0.854. The summed E-state index contributed by atoms with van der Waals surface area (Å²) in [6.07, 6.45) is 0.611. The molecular weight excluding hydrogens is 100 g/mol. The van der Waals surface area contributed by atoms with E-state index in [-0.39, 0.29) is 13.0 Å². The molecule has 0 bridgehead atoms. The number of hydrogen-bond donors (Lipinski definition) is 0. The molecular formula is C4H5F2N. The highest BCUT2D eigenvalue weighted by atomic mass is 19.3. The fraction of sp³-hybridized carbons (Fsp3) is 0.750.